The Morgan fingerprint density at radius 1 is 1.25 bits per heavy atom. The summed E-state index contributed by atoms with van der Waals surface area (Å²) in [6.07, 6.45) is 8.42. The Labute approximate surface area is 137 Å². The van der Waals surface area contributed by atoms with E-state index < -0.39 is 0 Å². The standard InChI is InChI=1S/C17H12N6O/c24-16-12-5-2-1-4-10(12)8-11-9-23-13(17-19-21-22-20-17)6-3-7-14(23)18-15(11)16/h1-7,9,13H,8H2,(H,19,20,21,22). The van der Waals surface area contributed by atoms with Gasteiger partial charge < -0.3 is 4.90 Å². The van der Waals surface area contributed by atoms with E-state index >= 15 is 0 Å². The summed E-state index contributed by atoms with van der Waals surface area (Å²) in [6, 6.07) is 7.50. The van der Waals surface area contributed by atoms with Crippen LogP contribution in [0.15, 0.2) is 65.1 Å². The third-order valence-electron chi connectivity index (χ3n) is 4.41. The third-order valence-corrected chi connectivity index (χ3v) is 4.41. The number of Topliss-reactive ketones (excluding diaryl/α,β-unsaturated/α-hetero) is 1. The molecule has 1 aromatic heterocycles. The number of nitrogens with zero attached hydrogens (tertiary/aromatic N) is 5. The predicted molar refractivity (Wildman–Crippen MR) is 86.0 cm³/mol. The molecule has 3 aliphatic rings. The van der Waals surface area contributed by atoms with Gasteiger partial charge in [-0.2, -0.15) is 5.21 Å². The monoisotopic (exact) mass is 316 g/mol. The van der Waals surface area contributed by atoms with Gasteiger partial charge in [0.25, 0.3) is 0 Å². The van der Waals surface area contributed by atoms with E-state index in [4.69, 9.17) is 0 Å². The molecule has 0 spiro atoms. The highest BCUT2D eigenvalue weighted by molar-refractivity contribution is 6.53. The van der Waals surface area contributed by atoms with Crippen molar-refractivity contribution in [3.63, 3.8) is 0 Å². The molecule has 5 rings (SSSR count). The Balaban J connectivity index is 1.62. The zero-order valence-electron chi connectivity index (χ0n) is 12.5. The molecule has 0 amide bonds. The van der Waals surface area contributed by atoms with Crippen LogP contribution in [-0.2, 0) is 6.42 Å². The highest BCUT2D eigenvalue weighted by Gasteiger charge is 2.34. The minimum atomic E-state index is -0.186. The van der Waals surface area contributed by atoms with Gasteiger partial charge in [0.05, 0.1) is 0 Å². The molecule has 0 saturated carbocycles. The van der Waals surface area contributed by atoms with E-state index in [0.717, 1.165) is 16.7 Å². The van der Waals surface area contributed by atoms with E-state index in [1.54, 1.807) is 0 Å². The lowest BCUT2D eigenvalue weighted by Crippen LogP contribution is -2.34. The number of nitrogens with one attached hydrogen (secondary N) is 1. The van der Waals surface area contributed by atoms with Gasteiger partial charge in [0.1, 0.15) is 17.6 Å². The van der Waals surface area contributed by atoms with Gasteiger partial charge in [-0.1, -0.05) is 41.6 Å². The molecule has 1 atom stereocenters. The number of fused-ring (bicyclic) bond motifs is 3. The van der Waals surface area contributed by atoms with E-state index in [0.29, 0.717) is 23.8 Å². The van der Waals surface area contributed by atoms with Gasteiger partial charge in [-0.3, -0.25) is 4.79 Å². The topological polar surface area (TPSA) is 87.1 Å². The second-order valence-corrected chi connectivity index (χ2v) is 5.81. The number of aromatic amines is 1. The van der Waals surface area contributed by atoms with E-state index in [1.165, 1.54) is 0 Å². The average Bonchev–Trinajstić information content (AvgIpc) is 3.15. The molecule has 2 aromatic rings. The van der Waals surface area contributed by atoms with Crippen LogP contribution in [0.5, 0.6) is 0 Å². The van der Waals surface area contributed by atoms with Crippen LogP contribution in [0.3, 0.4) is 0 Å². The minimum Gasteiger partial charge on any atom is -0.318 e. The summed E-state index contributed by atoms with van der Waals surface area (Å²) < 4.78 is 0. The Morgan fingerprint density at radius 3 is 3.04 bits per heavy atom. The molecule has 24 heavy (non-hydrogen) atoms. The van der Waals surface area contributed by atoms with Gasteiger partial charge in [0.2, 0.25) is 11.6 Å². The third kappa shape index (κ3) is 1.81. The Morgan fingerprint density at radius 2 is 2.17 bits per heavy atom. The summed E-state index contributed by atoms with van der Waals surface area (Å²) in [5.41, 5.74) is 3.21. The number of aliphatic imine (C=N–C) groups is 1. The largest absolute Gasteiger partial charge is 0.318 e. The first kappa shape index (κ1) is 13.1. The van der Waals surface area contributed by atoms with Gasteiger partial charge in [-0.25, -0.2) is 4.99 Å². The van der Waals surface area contributed by atoms with Crippen LogP contribution in [0.4, 0.5) is 0 Å². The lowest BCUT2D eigenvalue weighted by atomic mass is 9.85. The average molecular weight is 316 g/mol. The zero-order valence-corrected chi connectivity index (χ0v) is 12.5. The highest BCUT2D eigenvalue weighted by Crippen LogP contribution is 2.35. The number of H-pyrrole nitrogens is 1. The maximum Gasteiger partial charge on any atom is 0.212 e. The molecular weight excluding hydrogens is 304 g/mol. The first-order valence-electron chi connectivity index (χ1n) is 7.64. The lowest BCUT2D eigenvalue weighted by Gasteiger charge is -2.34. The number of hydrogen-bond acceptors (Lipinski definition) is 6. The van der Waals surface area contributed by atoms with Crippen molar-refractivity contribution in [2.75, 3.05) is 0 Å². The van der Waals surface area contributed by atoms with Gasteiger partial charge in [-0.05, 0) is 11.6 Å². The van der Waals surface area contributed by atoms with E-state index in [2.05, 4.69) is 25.6 Å². The zero-order chi connectivity index (χ0) is 16.1. The maximum absolute atomic E-state index is 12.8. The number of hydrogen-bond donors (Lipinski definition) is 1. The number of rotatable bonds is 1. The summed E-state index contributed by atoms with van der Waals surface area (Å²) in [6.45, 7) is 0. The minimum absolute atomic E-state index is 0.0192. The van der Waals surface area contributed by atoms with Crippen molar-refractivity contribution in [3.8, 4) is 0 Å². The fraction of sp³-hybridized carbons (Fsp3) is 0.118. The highest BCUT2D eigenvalue weighted by atomic mass is 16.1. The second kappa shape index (κ2) is 4.82. The van der Waals surface area contributed by atoms with Crippen molar-refractivity contribution in [1.82, 2.24) is 25.5 Å². The van der Waals surface area contributed by atoms with E-state index in [-0.39, 0.29) is 11.8 Å². The van der Waals surface area contributed by atoms with E-state index in [1.807, 2.05) is 53.6 Å². The van der Waals surface area contributed by atoms with E-state index in [9.17, 15) is 4.79 Å². The van der Waals surface area contributed by atoms with Gasteiger partial charge >= 0.3 is 0 Å². The quantitative estimate of drug-likeness (QED) is 0.866. The second-order valence-electron chi connectivity index (χ2n) is 5.81. The number of carbonyl (C=O) groups is 1. The number of ketones is 1. The maximum atomic E-state index is 12.8. The molecule has 1 aromatic carbocycles. The number of benzene rings is 1. The number of tetrazole rings is 1. The van der Waals surface area contributed by atoms with Crippen molar-refractivity contribution < 1.29 is 4.79 Å². The Kier molecular flexibility index (Phi) is 2.64. The number of allylic oxidation sites excluding steroid dienone is 3. The molecule has 1 unspecified atom stereocenters. The summed E-state index contributed by atoms with van der Waals surface area (Å²) in [4.78, 5) is 19.4. The first-order chi connectivity index (χ1) is 11.8. The molecule has 0 fully saturated rings. The summed E-state index contributed by atoms with van der Waals surface area (Å²) >= 11 is 0. The molecular formula is C17H12N6O. The Hall–Kier alpha value is -3.35. The van der Waals surface area contributed by atoms with Gasteiger partial charge in [0.15, 0.2) is 0 Å². The van der Waals surface area contributed by atoms with Crippen LogP contribution in [0.1, 0.15) is 27.8 Å². The van der Waals surface area contributed by atoms with Crippen LogP contribution in [-0.4, -0.2) is 37.0 Å². The molecule has 116 valence electrons. The van der Waals surface area contributed by atoms with Crippen molar-refractivity contribution in [3.05, 3.63) is 77.0 Å². The van der Waals surface area contributed by atoms with Gasteiger partial charge in [0, 0.05) is 23.8 Å². The molecule has 1 N–H and O–H groups in total. The van der Waals surface area contributed by atoms with Crippen molar-refractivity contribution in [2.45, 2.75) is 12.5 Å². The van der Waals surface area contributed by atoms with Crippen molar-refractivity contribution in [2.24, 2.45) is 4.99 Å². The molecule has 3 heterocycles. The molecule has 0 saturated heterocycles. The molecule has 1 aliphatic carbocycles. The first-order valence-corrected chi connectivity index (χ1v) is 7.64. The number of carbonyl (C=O) groups excluding carboxylic acids is 1. The van der Waals surface area contributed by atoms with Crippen LogP contribution >= 0.6 is 0 Å². The lowest BCUT2D eigenvalue weighted by molar-refractivity contribution is 0.106. The van der Waals surface area contributed by atoms with Gasteiger partial charge in [-0.15, -0.1) is 10.2 Å². The Bertz CT molecular complexity index is 967. The SMILES string of the molecule is O=C1C2=NC3=CC=CC(c4nn[nH]n4)N3C=C2Cc2ccccc21. The van der Waals surface area contributed by atoms with Crippen LogP contribution in [0.25, 0.3) is 0 Å². The van der Waals surface area contributed by atoms with Crippen LogP contribution < -0.4 is 0 Å². The summed E-state index contributed by atoms with van der Waals surface area (Å²) in [5, 5.41) is 14.3. The normalized spacial score (nSPS) is 21.3. The number of aromatic nitrogens is 4. The smallest absolute Gasteiger partial charge is 0.212 e. The molecule has 0 radical (unpaired) electrons. The molecule has 7 heteroatoms. The molecule has 7 nitrogen and oxygen atoms in total. The van der Waals surface area contributed by atoms with Crippen LogP contribution in [0.2, 0.25) is 0 Å². The summed E-state index contributed by atoms with van der Waals surface area (Å²) in [5.74, 6) is 1.25. The van der Waals surface area contributed by atoms with Crippen LogP contribution in [0, 0.1) is 0 Å². The summed E-state index contributed by atoms with van der Waals surface area (Å²) in [7, 11) is 0. The molecule has 0 bridgehead atoms. The van der Waals surface area contributed by atoms with Crippen molar-refractivity contribution >= 4 is 11.5 Å². The molecule has 2 aliphatic heterocycles. The predicted octanol–water partition coefficient (Wildman–Crippen LogP) is 1.73. The fourth-order valence-electron chi connectivity index (χ4n) is 3.28. The van der Waals surface area contributed by atoms with Crippen molar-refractivity contribution in [1.29, 1.82) is 0 Å². The fourth-order valence-corrected chi connectivity index (χ4v) is 3.28.